The summed E-state index contributed by atoms with van der Waals surface area (Å²) in [5.74, 6) is 5.08. The van der Waals surface area contributed by atoms with Gasteiger partial charge in [0.05, 0.1) is 0 Å². The van der Waals surface area contributed by atoms with E-state index in [1.807, 2.05) is 0 Å². The third kappa shape index (κ3) is 6.17. The third-order valence-electron chi connectivity index (χ3n) is 4.38. The van der Waals surface area contributed by atoms with Crippen LogP contribution in [0.5, 0.6) is 0 Å². The van der Waals surface area contributed by atoms with Crippen LogP contribution in [-0.4, -0.2) is 0 Å². The standard InChI is InChI=1S/C18H33P/c1-6-9-16(4)17(14-15(2)3)10-7-11-18-12-8-13-19(18)5/h8,12-13,15-17H,6-7,9-11,14H2,1-5H3. The Hall–Kier alpha value is -0.220. The molecule has 0 aliphatic rings. The van der Waals surface area contributed by atoms with Gasteiger partial charge in [-0.25, -0.2) is 0 Å². The number of rotatable bonds is 9. The number of hydrogen-bond donors (Lipinski definition) is 0. The Bertz CT molecular complexity index is 337. The van der Waals surface area contributed by atoms with Crippen molar-refractivity contribution >= 4 is 7.53 Å². The average Bonchev–Trinajstić information content (AvgIpc) is 2.74. The molecule has 1 rings (SSSR count). The summed E-state index contributed by atoms with van der Waals surface area (Å²) >= 11 is 0. The van der Waals surface area contributed by atoms with Gasteiger partial charge in [0.15, 0.2) is 0 Å². The van der Waals surface area contributed by atoms with Crippen LogP contribution < -0.4 is 0 Å². The zero-order chi connectivity index (χ0) is 14.3. The summed E-state index contributed by atoms with van der Waals surface area (Å²) in [6, 6.07) is 4.62. The third-order valence-corrected chi connectivity index (χ3v) is 6.28. The molecule has 1 aromatic rings. The van der Waals surface area contributed by atoms with Crippen LogP contribution in [0.15, 0.2) is 17.9 Å². The summed E-state index contributed by atoms with van der Waals surface area (Å²) in [6.45, 7) is 11.9. The lowest BCUT2D eigenvalue weighted by Crippen LogP contribution is -2.14. The Kier molecular flexibility index (Phi) is 7.84. The summed E-state index contributed by atoms with van der Waals surface area (Å²) in [6.07, 6.45) is 8.32. The van der Waals surface area contributed by atoms with Crippen molar-refractivity contribution in [3.05, 3.63) is 23.2 Å². The van der Waals surface area contributed by atoms with E-state index in [4.69, 9.17) is 0 Å². The van der Waals surface area contributed by atoms with Crippen molar-refractivity contribution in [3.63, 3.8) is 0 Å². The first-order chi connectivity index (χ1) is 9.04. The van der Waals surface area contributed by atoms with Crippen molar-refractivity contribution < 1.29 is 0 Å². The molecule has 1 heterocycles. The molecule has 0 N–H and O–H groups in total. The highest BCUT2D eigenvalue weighted by Crippen LogP contribution is 2.33. The van der Waals surface area contributed by atoms with Gasteiger partial charge in [0.25, 0.3) is 0 Å². The molecule has 0 bridgehead atoms. The zero-order valence-electron chi connectivity index (χ0n) is 13.7. The Labute approximate surface area is 122 Å². The molecule has 1 heteroatoms. The SMILES string of the molecule is CCCC(C)C(CCCc1cccp1C)CC(C)C. The van der Waals surface area contributed by atoms with Gasteiger partial charge in [-0.2, -0.15) is 0 Å². The van der Waals surface area contributed by atoms with Crippen molar-refractivity contribution in [1.82, 2.24) is 0 Å². The summed E-state index contributed by atoms with van der Waals surface area (Å²) in [4.78, 5) is 0. The van der Waals surface area contributed by atoms with Crippen molar-refractivity contribution in [2.45, 2.75) is 66.2 Å². The fourth-order valence-corrected chi connectivity index (χ4v) is 4.60. The van der Waals surface area contributed by atoms with E-state index < -0.39 is 0 Å². The van der Waals surface area contributed by atoms with E-state index in [0.717, 1.165) is 17.8 Å². The average molecular weight is 280 g/mol. The first-order valence-corrected chi connectivity index (χ1v) is 10.0. The molecule has 110 valence electrons. The van der Waals surface area contributed by atoms with Crippen LogP contribution in [0.25, 0.3) is 0 Å². The largest absolute Gasteiger partial charge is 0.125 e. The highest BCUT2D eigenvalue weighted by atomic mass is 31.1. The highest BCUT2D eigenvalue weighted by Gasteiger charge is 2.17. The van der Waals surface area contributed by atoms with Crippen molar-refractivity contribution in [2.24, 2.45) is 24.4 Å². The molecule has 0 amide bonds. The second-order valence-electron chi connectivity index (χ2n) is 6.66. The molecule has 0 aliphatic heterocycles. The normalized spacial score (nSPS) is 15.8. The maximum atomic E-state index is 2.47. The van der Waals surface area contributed by atoms with Gasteiger partial charge in [0, 0.05) is 0 Å². The van der Waals surface area contributed by atoms with Gasteiger partial charge in [-0.15, -0.1) is 7.53 Å². The summed E-state index contributed by atoms with van der Waals surface area (Å²) in [5.41, 5.74) is 0. The van der Waals surface area contributed by atoms with Gasteiger partial charge < -0.3 is 0 Å². The van der Waals surface area contributed by atoms with Crippen LogP contribution in [0.2, 0.25) is 0 Å². The van der Waals surface area contributed by atoms with Crippen LogP contribution in [0.1, 0.15) is 65.1 Å². The van der Waals surface area contributed by atoms with Crippen LogP contribution in [0.3, 0.4) is 0 Å². The van der Waals surface area contributed by atoms with E-state index in [-0.39, 0.29) is 7.53 Å². The predicted octanol–water partition coefficient (Wildman–Crippen LogP) is 6.63. The lowest BCUT2D eigenvalue weighted by atomic mass is 9.81. The smallest absolute Gasteiger partial charge is 0.0241 e. The highest BCUT2D eigenvalue weighted by molar-refractivity contribution is 7.48. The fraction of sp³-hybridized carbons (Fsp3) is 0.778. The van der Waals surface area contributed by atoms with Gasteiger partial charge in [-0.3, -0.25) is 0 Å². The number of aryl methyl sites for hydroxylation is 2. The summed E-state index contributed by atoms with van der Waals surface area (Å²) < 4.78 is 0. The molecule has 3 atom stereocenters. The van der Waals surface area contributed by atoms with Crippen molar-refractivity contribution in [2.75, 3.05) is 0 Å². The molecule has 3 unspecified atom stereocenters. The quantitative estimate of drug-likeness (QED) is 0.476. The molecule has 0 saturated carbocycles. The van der Waals surface area contributed by atoms with E-state index >= 15 is 0 Å². The van der Waals surface area contributed by atoms with E-state index in [9.17, 15) is 0 Å². The topological polar surface area (TPSA) is 0 Å². The Morgan fingerprint density at radius 2 is 1.89 bits per heavy atom. The molecule has 0 saturated heterocycles. The molecule has 1 aromatic heterocycles. The molecule has 0 spiro atoms. The molecule has 0 aliphatic carbocycles. The summed E-state index contributed by atoms with van der Waals surface area (Å²) in [7, 11) is 0.0825. The van der Waals surface area contributed by atoms with Crippen molar-refractivity contribution in [1.29, 1.82) is 0 Å². The minimum Gasteiger partial charge on any atom is -0.125 e. The summed E-state index contributed by atoms with van der Waals surface area (Å²) in [5, 5.41) is 1.71. The van der Waals surface area contributed by atoms with E-state index in [0.29, 0.717) is 0 Å². The second kappa shape index (κ2) is 8.85. The van der Waals surface area contributed by atoms with Gasteiger partial charge in [-0.05, 0) is 61.2 Å². The Balaban J connectivity index is 2.41. The van der Waals surface area contributed by atoms with Gasteiger partial charge in [0.1, 0.15) is 0 Å². The maximum Gasteiger partial charge on any atom is -0.0241 e. The second-order valence-corrected chi connectivity index (χ2v) is 8.75. The van der Waals surface area contributed by atoms with Crippen LogP contribution in [-0.2, 0) is 13.1 Å². The van der Waals surface area contributed by atoms with Gasteiger partial charge >= 0.3 is 0 Å². The maximum absolute atomic E-state index is 2.47. The lowest BCUT2D eigenvalue weighted by molar-refractivity contribution is 0.263. The monoisotopic (exact) mass is 280 g/mol. The van der Waals surface area contributed by atoms with Gasteiger partial charge in [-0.1, -0.05) is 52.7 Å². The Morgan fingerprint density at radius 3 is 2.42 bits per heavy atom. The van der Waals surface area contributed by atoms with E-state index in [2.05, 4.69) is 52.3 Å². The predicted molar refractivity (Wildman–Crippen MR) is 90.1 cm³/mol. The van der Waals surface area contributed by atoms with E-state index in [1.165, 1.54) is 38.5 Å². The molecular formula is C18H33P. The molecule has 0 radical (unpaired) electrons. The first kappa shape index (κ1) is 16.8. The molecule has 19 heavy (non-hydrogen) atoms. The van der Waals surface area contributed by atoms with Crippen LogP contribution >= 0.6 is 7.53 Å². The molecule has 0 aromatic carbocycles. The Morgan fingerprint density at radius 1 is 1.16 bits per heavy atom. The van der Waals surface area contributed by atoms with Crippen LogP contribution in [0, 0.1) is 17.8 Å². The van der Waals surface area contributed by atoms with Gasteiger partial charge in [0.2, 0.25) is 0 Å². The van der Waals surface area contributed by atoms with Crippen molar-refractivity contribution in [3.8, 4) is 0 Å². The zero-order valence-corrected chi connectivity index (χ0v) is 14.5. The minimum absolute atomic E-state index is 0.0825. The molecule has 0 nitrogen and oxygen atoms in total. The molecule has 0 fully saturated rings. The van der Waals surface area contributed by atoms with E-state index in [1.54, 1.807) is 5.30 Å². The first-order valence-electron chi connectivity index (χ1n) is 8.14. The number of hydrogen-bond acceptors (Lipinski definition) is 0. The fourth-order valence-electron chi connectivity index (χ4n) is 3.23. The molecular weight excluding hydrogens is 247 g/mol. The lowest BCUT2D eigenvalue weighted by Gasteiger charge is -2.25. The van der Waals surface area contributed by atoms with Crippen LogP contribution in [0.4, 0.5) is 0 Å². The minimum atomic E-state index is 0.0825.